The van der Waals surface area contributed by atoms with Crippen molar-refractivity contribution in [1.29, 1.82) is 0 Å². The highest BCUT2D eigenvalue weighted by Crippen LogP contribution is 2.32. The number of nitrogens with one attached hydrogen (secondary N) is 1. The zero-order valence-corrected chi connectivity index (χ0v) is 15.2. The minimum absolute atomic E-state index is 0.0414. The number of hydrogen-bond donors (Lipinski definition) is 1. The Morgan fingerprint density at radius 3 is 2.41 bits per heavy atom. The fraction of sp³-hybridized carbons (Fsp3) is 0.154. The maximum atomic E-state index is 12.3. The molecular weight excluding hydrogens is 415 g/mol. The van der Waals surface area contributed by atoms with Crippen LogP contribution in [0, 0.1) is 0 Å². The van der Waals surface area contributed by atoms with Crippen LogP contribution in [-0.4, -0.2) is 20.5 Å². The second-order valence-corrected chi connectivity index (χ2v) is 7.67. The van der Waals surface area contributed by atoms with Crippen LogP contribution >= 0.6 is 39.1 Å². The molecule has 0 saturated carbocycles. The summed E-state index contributed by atoms with van der Waals surface area (Å²) in [5, 5.41) is 0.0828. The molecule has 0 aliphatic rings. The minimum Gasteiger partial charge on any atom is -0.481 e. The van der Waals surface area contributed by atoms with E-state index in [2.05, 4.69) is 25.6 Å². The van der Waals surface area contributed by atoms with E-state index in [-0.39, 0.29) is 21.5 Å². The zero-order valence-electron chi connectivity index (χ0n) is 11.3. The zero-order chi connectivity index (χ0) is 16.3. The smallest absolute Gasteiger partial charge is 0.243 e. The summed E-state index contributed by atoms with van der Waals surface area (Å²) in [6.45, 7) is 0.0576. The standard InChI is InChI=1S/C13H11BrCl2N2O3S/c1-21-12-3-2-8(6-17-12)7-18-22(19,20)13-10(15)4-9(14)5-11(13)16/h2-6,18H,7H2,1H3. The van der Waals surface area contributed by atoms with Gasteiger partial charge in [0.15, 0.2) is 0 Å². The van der Waals surface area contributed by atoms with Crippen LogP contribution in [0.2, 0.25) is 10.0 Å². The Morgan fingerprint density at radius 1 is 1.27 bits per heavy atom. The molecule has 0 spiro atoms. The minimum atomic E-state index is -3.85. The third-order valence-corrected chi connectivity index (χ3v) is 5.48. The Labute approximate surface area is 146 Å². The molecule has 1 heterocycles. The number of rotatable bonds is 5. The van der Waals surface area contributed by atoms with Crippen LogP contribution < -0.4 is 9.46 Å². The van der Waals surface area contributed by atoms with Crippen molar-refractivity contribution in [1.82, 2.24) is 9.71 Å². The molecule has 0 unspecified atom stereocenters. The largest absolute Gasteiger partial charge is 0.481 e. The predicted molar refractivity (Wildman–Crippen MR) is 89.0 cm³/mol. The quantitative estimate of drug-likeness (QED) is 0.793. The van der Waals surface area contributed by atoms with Gasteiger partial charge in [-0.05, 0) is 17.7 Å². The van der Waals surface area contributed by atoms with Gasteiger partial charge in [0.1, 0.15) is 4.90 Å². The van der Waals surface area contributed by atoms with Gasteiger partial charge < -0.3 is 4.74 Å². The van der Waals surface area contributed by atoms with E-state index >= 15 is 0 Å². The molecule has 0 atom stereocenters. The molecular formula is C13H11BrCl2N2O3S. The summed E-state index contributed by atoms with van der Waals surface area (Å²) in [7, 11) is -2.34. The summed E-state index contributed by atoms with van der Waals surface area (Å²) in [6, 6.07) is 6.29. The number of halogens is 3. The first-order chi connectivity index (χ1) is 10.3. The maximum absolute atomic E-state index is 12.3. The van der Waals surface area contributed by atoms with Crippen LogP contribution in [0.15, 0.2) is 39.8 Å². The van der Waals surface area contributed by atoms with Crippen molar-refractivity contribution in [2.24, 2.45) is 0 Å². The fourth-order valence-corrected chi connectivity index (χ4v) is 4.62. The van der Waals surface area contributed by atoms with E-state index in [1.165, 1.54) is 25.4 Å². The van der Waals surface area contributed by atoms with Crippen LogP contribution in [-0.2, 0) is 16.6 Å². The van der Waals surface area contributed by atoms with E-state index in [4.69, 9.17) is 27.9 Å². The van der Waals surface area contributed by atoms with Crippen molar-refractivity contribution in [2.45, 2.75) is 11.4 Å². The van der Waals surface area contributed by atoms with Gasteiger partial charge in [-0.1, -0.05) is 45.2 Å². The number of sulfonamides is 1. The number of ether oxygens (including phenoxy) is 1. The third kappa shape index (κ3) is 4.11. The molecule has 0 bridgehead atoms. The molecule has 2 rings (SSSR count). The molecule has 0 aliphatic heterocycles. The molecule has 1 aromatic carbocycles. The predicted octanol–water partition coefficient (Wildman–Crippen LogP) is 3.64. The molecule has 0 saturated heterocycles. The van der Waals surface area contributed by atoms with Gasteiger partial charge in [-0.2, -0.15) is 0 Å². The molecule has 5 nitrogen and oxygen atoms in total. The molecule has 118 valence electrons. The van der Waals surface area contributed by atoms with Crippen molar-refractivity contribution in [2.75, 3.05) is 7.11 Å². The lowest BCUT2D eigenvalue weighted by Gasteiger charge is -2.10. The van der Waals surface area contributed by atoms with Crippen molar-refractivity contribution in [3.8, 4) is 5.88 Å². The van der Waals surface area contributed by atoms with Crippen LogP contribution in [0.5, 0.6) is 5.88 Å². The van der Waals surface area contributed by atoms with Crippen LogP contribution in [0.3, 0.4) is 0 Å². The average molecular weight is 426 g/mol. The first-order valence-corrected chi connectivity index (χ1v) is 9.00. The molecule has 2 aromatic rings. The number of methoxy groups -OCH3 is 1. The highest BCUT2D eigenvalue weighted by Gasteiger charge is 2.22. The van der Waals surface area contributed by atoms with Crippen molar-refractivity contribution < 1.29 is 13.2 Å². The summed E-state index contributed by atoms with van der Waals surface area (Å²) >= 11 is 15.2. The van der Waals surface area contributed by atoms with E-state index < -0.39 is 10.0 Å². The first kappa shape index (κ1) is 17.5. The average Bonchev–Trinajstić information content (AvgIpc) is 2.44. The monoisotopic (exact) mass is 424 g/mol. The summed E-state index contributed by atoms with van der Waals surface area (Å²) in [5.74, 6) is 0.450. The van der Waals surface area contributed by atoms with E-state index in [1.54, 1.807) is 12.1 Å². The molecule has 1 N–H and O–H groups in total. The number of pyridine rings is 1. The normalized spacial score (nSPS) is 11.5. The lowest BCUT2D eigenvalue weighted by molar-refractivity contribution is 0.397. The lowest BCUT2D eigenvalue weighted by atomic mass is 10.3. The van der Waals surface area contributed by atoms with E-state index in [0.29, 0.717) is 15.9 Å². The van der Waals surface area contributed by atoms with Gasteiger partial charge >= 0.3 is 0 Å². The number of hydrogen-bond acceptors (Lipinski definition) is 4. The number of benzene rings is 1. The fourth-order valence-electron chi connectivity index (χ4n) is 1.67. The van der Waals surface area contributed by atoms with E-state index in [9.17, 15) is 8.42 Å². The molecule has 9 heteroatoms. The van der Waals surface area contributed by atoms with Crippen molar-refractivity contribution in [3.05, 3.63) is 50.5 Å². The van der Waals surface area contributed by atoms with Gasteiger partial charge in [0, 0.05) is 23.3 Å². The summed E-state index contributed by atoms with van der Waals surface area (Å²) in [4.78, 5) is 3.85. The van der Waals surface area contributed by atoms with Crippen molar-refractivity contribution >= 4 is 49.2 Å². The van der Waals surface area contributed by atoms with E-state index in [0.717, 1.165) is 0 Å². The first-order valence-electron chi connectivity index (χ1n) is 5.96. The van der Waals surface area contributed by atoms with Crippen molar-refractivity contribution in [3.63, 3.8) is 0 Å². The maximum Gasteiger partial charge on any atom is 0.243 e. The molecule has 0 fully saturated rings. The van der Waals surface area contributed by atoms with Gasteiger partial charge in [0.25, 0.3) is 0 Å². The second-order valence-electron chi connectivity index (χ2n) is 4.23. The van der Waals surface area contributed by atoms with Gasteiger partial charge in [0.05, 0.1) is 17.2 Å². The van der Waals surface area contributed by atoms with Crippen LogP contribution in [0.25, 0.3) is 0 Å². The van der Waals surface area contributed by atoms with Gasteiger partial charge in [0.2, 0.25) is 15.9 Å². The SMILES string of the molecule is COc1ccc(CNS(=O)(=O)c2c(Cl)cc(Br)cc2Cl)cn1. The Balaban J connectivity index is 2.21. The Morgan fingerprint density at radius 2 is 1.91 bits per heavy atom. The second kappa shape index (κ2) is 7.14. The van der Waals surface area contributed by atoms with Gasteiger partial charge in [-0.25, -0.2) is 18.1 Å². The summed E-state index contributed by atoms with van der Waals surface area (Å²) in [6.07, 6.45) is 1.52. The topological polar surface area (TPSA) is 68.3 Å². The molecule has 22 heavy (non-hydrogen) atoms. The summed E-state index contributed by atoms with van der Waals surface area (Å²) < 4.78 is 32.7. The van der Waals surface area contributed by atoms with Crippen LogP contribution in [0.1, 0.15) is 5.56 Å². The Kier molecular flexibility index (Phi) is 5.68. The number of nitrogens with zero attached hydrogens (tertiary/aromatic N) is 1. The molecule has 0 aliphatic carbocycles. The third-order valence-electron chi connectivity index (χ3n) is 2.70. The number of aromatic nitrogens is 1. The van der Waals surface area contributed by atoms with E-state index in [1.807, 2.05) is 0 Å². The Hall–Kier alpha value is -0.860. The molecule has 0 radical (unpaired) electrons. The van der Waals surface area contributed by atoms with Crippen LogP contribution in [0.4, 0.5) is 0 Å². The lowest BCUT2D eigenvalue weighted by Crippen LogP contribution is -2.24. The van der Waals surface area contributed by atoms with Gasteiger partial charge in [-0.3, -0.25) is 0 Å². The highest BCUT2D eigenvalue weighted by atomic mass is 79.9. The summed E-state index contributed by atoms with van der Waals surface area (Å²) in [5.41, 5.74) is 0.675. The Bertz CT molecular complexity index is 759. The molecule has 0 amide bonds. The van der Waals surface area contributed by atoms with Gasteiger partial charge in [-0.15, -0.1) is 0 Å². The molecule has 1 aromatic heterocycles. The highest BCUT2D eigenvalue weighted by molar-refractivity contribution is 9.10.